The van der Waals surface area contributed by atoms with E-state index in [9.17, 15) is 4.79 Å². The van der Waals surface area contributed by atoms with Crippen LogP contribution >= 0.6 is 0 Å². The molecule has 0 amide bonds. The van der Waals surface area contributed by atoms with Gasteiger partial charge in [0.2, 0.25) is 12.5 Å². The Morgan fingerprint density at radius 3 is 2.73 bits per heavy atom. The molecule has 0 fully saturated rings. The lowest BCUT2D eigenvalue weighted by molar-refractivity contribution is -0.677. The average Bonchev–Trinajstić information content (AvgIpc) is 3.28. The molecule has 134 valence electrons. The zero-order valence-electron chi connectivity index (χ0n) is 14.2. The van der Waals surface area contributed by atoms with Gasteiger partial charge in [0.1, 0.15) is 5.75 Å². The van der Waals surface area contributed by atoms with E-state index in [2.05, 4.69) is 10.6 Å². The number of H-pyrrole nitrogens is 1. The van der Waals surface area contributed by atoms with Crippen LogP contribution in [0.25, 0.3) is 5.69 Å². The molecule has 1 aromatic heterocycles. The monoisotopic (exact) mass is 356 g/mol. The molecular weight excluding hydrogens is 338 g/mol. The normalized spacial score (nSPS) is 12.3. The van der Waals surface area contributed by atoms with Crippen LogP contribution in [0.5, 0.6) is 17.2 Å². The topological polar surface area (TPSA) is 89.6 Å². The number of methoxy groups -OCH3 is 1. The lowest BCUT2D eigenvalue weighted by Gasteiger charge is -2.03. The Hall–Kier alpha value is -3.26. The second kappa shape index (κ2) is 6.93. The first kappa shape index (κ1) is 16.2. The number of aromatic nitrogens is 2. The largest absolute Gasteiger partial charge is 0.497 e. The van der Waals surface area contributed by atoms with E-state index in [1.807, 2.05) is 42.5 Å². The number of ether oxygens (including phenoxy) is 3. The smallest absolute Gasteiger partial charge is 0.431 e. The number of hydrogen-bond donors (Lipinski definition) is 2. The Kier molecular flexibility index (Phi) is 4.32. The van der Waals surface area contributed by atoms with Crippen molar-refractivity contribution in [2.75, 3.05) is 13.9 Å². The van der Waals surface area contributed by atoms with E-state index < -0.39 is 5.63 Å². The summed E-state index contributed by atoms with van der Waals surface area (Å²) in [6, 6.07) is 13.1. The van der Waals surface area contributed by atoms with Crippen LogP contribution in [0.15, 0.2) is 51.8 Å². The average molecular weight is 356 g/mol. The van der Waals surface area contributed by atoms with Gasteiger partial charge in [0.05, 0.1) is 13.7 Å². The summed E-state index contributed by atoms with van der Waals surface area (Å²) < 4.78 is 22.4. The van der Waals surface area contributed by atoms with Crippen molar-refractivity contribution in [1.82, 2.24) is 10.6 Å². The molecule has 0 atom stereocenters. The van der Waals surface area contributed by atoms with Crippen molar-refractivity contribution in [1.29, 1.82) is 0 Å². The number of nitrogens with zero attached hydrogens (tertiary/aromatic N) is 1. The Bertz CT molecular complexity index is 962. The quantitative estimate of drug-likeness (QED) is 0.647. The molecule has 8 heteroatoms. The zero-order chi connectivity index (χ0) is 17.9. The molecule has 3 aromatic rings. The third-order valence-corrected chi connectivity index (χ3v) is 4.12. The van der Waals surface area contributed by atoms with Crippen LogP contribution in [0.3, 0.4) is 0 Å². The summed E-state index contributed by atoms with van der Waals surface area (Å²) in [6.45, 7) is 1.16. The van der Waals surface area contributed by atoms with Gasteiger partial charge in [-0.25, -0.2) is 4.79 Å². The highest BCUT2D eigenvalue weighted by Crippen LogP contribution is 2.32. The number of hydrogen-bond acceptors (Lipinski definition) is 6. The highest BCUT2D eigenvalue weighted by molar-refractivity contribution is 5.44. The van der Waals surface area contributed by atoms with Gasteiger partial charge in [-0.1, -0.05) is 6.07 Å². The summed E-state index contributed by atoms with van der Waals surface area (Å²) in [5.74, 6) is 2.22. The van der Waals surface area contributed by atoms with E-state index in [0.717, 1.165) is 28.5 Å². The number of aromatic amines is 1. The Balaban J connectivity index is 1.46. The van der Waals surface area contributed by atoms with Crippen LogP contribution in [0.2, 0.25) is 0 Å². The molecule has 2 aromatic carbocycles. The molecule has 4 rings (SSSR count). The molecule has 2 N–H and O–H groups in total. The predicted molar refractivity (Wildman–Crippen MR) is 90.5 cm³/mol. The molecule has 0 spiro atoms. The van der Waals surface area contributed by atoms with Crippen LogP contribution in [-0.2, 0) is 13.1 Å². The molecule has 0 saturated carbocycles. The van der Waals surface area contributed by atoms with Gasteiger partial charge in [-0.3, -0.25) is 4.52 Å². The third-order valence-electron chi connectivity index (χ3n) is 4.12. The molecule has 0 radical (unpaired) electrons. The molecule has 0 unspecified atom stereocenters. The summed E-state index contributed by atoms with van der Waals surface area (Å²) in [5.41, 5.74) is 1.86. The van der Waals surface area contributed by atoms with Crippen LogP contribution in [0, 0.1) is 0 Å². The van der Waals surface area contributed by atoms with Crippen molar-refractivity contribution in [3.8, 4) is 22.9 Å². The summed E-state index contributed by atoms with van der Waals surface area (Å²) in [7, 11) is 1.60. The predicted octanol–water partition coefficient (Wildman–Crippen LogP) is 1.27. The van der Waals surface area contributed by atoms with E-state index in [-0.39, 0.29) is 6.79 Å². The van der Waals surface area contributed by atoms with E-state index in [0.29, 0.717) is 18.8 Å². The van der Waals surface area contributed by atoms with E-state index in [1.165, 1.54) is 0 Å². The van der Waals surface area contributed by atoms with Crippen LogP contribution in [-0.4, -0.2) is 19.2 Å². The Labute approximate surface area is 148 Å². The SMILES string of the molecule is COc1ccc(-[n+]2[nH]oc(=O)c2CNCc2ccc3c(c2)OCO3)cc1. The molecule has 0 aliphatic carbocycles. The lowest BCUT2D eigenvalue weighted by Crippen LogP contribution is -2.40. The van der Waals surface area contributed by atoms with E-state index in [1.54, 1.807) is 11.8 Å². The second-order valence-corrected chi connectivity index (χ2v) is 5.75. The van der Waals surface area contributed by atoms with E-state index in [4.69, 9.17) is 18.7 Å². The van der Waals surface area contributed by atoms with Crippen molar-refractivity contribution in [3.63, 3.8) is 0 Å². The highest BCUT2D eigenvalue weighted by atomic mass is 16.7. The number of fused-ring (bicyclic) bond motifs is 1. The van der Waals surface area contributed by atoms with Crippen LogP contribution in [0.4, 0.5) is 0 Å². The first-order valence-electron chi connectivity index (χ1n) is 8.10. The molecule has 2 heterocycles. The molecule has 0 bridgehead atoms. The standard InChI is InChI=1S/C18H17N3O5/c1-23-14-5-3-13(4-6-14)21-15(18(22)26-20-21)10-19-9-12-2-7-16-17(8-12)25-11-24-16/h2-8,19H,9-11H2,1H3/p+1. The Morgan fingerprint density at radius 1 is 1.12 bits per heavy atom. The maximum Gasteiger partial charge on any atom is 0.431 e. The summed E-state index contributed by atoms with van der Waals surface area (Å²) in [6.07, 6.45) is 0. The molecule has 26 heavy (non-hydrogen) atoms. The maximum absolute atomic E-state index is 12.0. The molecule has 1 aliphatic rings. The Morgan fingerprint density at radius 2 is 1.92 bits per heavy atom. The van der Waals surface area contributed by atoms with Gasteiger partial charge in [0.25, 0.3) is 0 Å². The van der Waals surface area contributed by atoms with E-state index >= 15 is 0 Å². The van der Waals surface area contributed by atoms with Gasteiger partial charge in [-0.05, 0) is 39.8 Å². The van der Waals surface area contributed by atoms with Crippen LogP contribution < -0.4 is 29.8 Å². The van der Waals surface area contributed by atoms with Gasteiger partial charge in [0.15, 0.2) is 11.5 Å². The minimum Gasteiger partial charge on any atom is -0.497 e. The summed E-state index contributed by atoms with van der Waals surface area (Å²) >= 11 is 0. The molecular formula is C18H18N3O5+. The third kappa shape index (κ3) is 3.14. The van der Waals surface area contributed by atoms with Gasteiger partial charge in [-0.2, -0.15) is 0 Å². The fraction of sp³-hybridized carbons (Fsp3) is 0.222. The first-order chi connectivity index (χ1) is 12.7. The molecule has 1 aliphatic heterocycles. The van der Waals surface area contributed by atoms with Gasteiger partial charge in [-0.15, -0.1) is 0 Å². The zero-order valence-corrected chi connectivity index (χ0v) is 14.2. The first-order valence-corrected chi connectivity index (χ1v) is 8.10. The summed E-state index contributed by atoms with van der Waals surface area (Å²) in [4.78, 5) is 12.0. The number of nitrogens with one attached hydrogen (secondary N) is 2. The maximum atomic E-state index is 12.0. The fourth-order valence-corrected chi connectivity index (χ4v) is 2.76. The lowest BCUT2D eigenvalue weighted by atomic mass is 10.2. The number of rotatable bonds is 6. The minimum absolute atomic E-state index is 0.248. The van der Waals surface area contributed by atoms with Gasteiger partial charge in [0, 0.05) is 18.7 Å². The molecule has 8 nitrogen and oxygen atoms in total. The van der Waals surface area contributed by atoms with Crippen LogP contribution in [0.1, 0.15) is 11.3 Å². The highest BCUT2D eigenvalue weighted by Gasteiger charge is 2.23. The summed E-state index contributed by atoms with van der Waals surface area (Å²) in [5, 5.41) is 5.87. The van der Waals surface area contributed by atoms with Gasteiger partial charge >= 0.3 is 11.3 Å². The second-order valence-electron chi connectivity index (χ2n) is 5.75. The van der Waals surface area contributed by atoms with Crippen molar-refractivity contribution < 1.29 is 23.4 Å². The van der Waals surface area contributed by atoms with Crippen molar-refractivity contribution in [2.24, 2.45) is 0 Å². The van der Waals surface area contributed by atoms with Crippen molar-refractivity contribution >= 4 is 0 Å². The minimum atomic E-state index is -0.418. The number of benzene rings is 2. The van der Waals surface area contributed by atoms with Crippen molar-refractivity contribution in [2.45, 2.75) is 13.1 Å². The molecule has 0 saturated heterocycles. The van der Waals surface area contributed by atoms with Gasteiger partial charge < -0.3 is 19.5 Å². The van der Waals surface area contributed by atoms with Crippen molar-refractivity contribution in [3.05, 3.63) is 64.1 Å². The fourth-order valence-electron chi connectivity index (χ4n) is 2.76.